The molecule has 5 nitrogen and oxygen atoms in total. The van der Waals surface area contributed by atoms with E-state index in [4.69, 9.17) is 10.5 Å². The lowest BCUT2D eigenvalue weighted by atomic mass is 9.91. The van der Waals surface area contributed by atoms with E-state index >= 15 is 0 Å². The third-order valence-electron chi connectivity index (χ3n) is 5.36. The van der Waals surface area contributed by atoms with E-state index < -0.39 is 6.04 Å². The van der Waals surface area contributed by atoms with Crippen molar-refractivity contribution in [2.75, 3.05) is 39.4 Å². The molecular formula is C19H28FN3O2. The summed E-state index contributed by atoms with van der Waals surface area (Å²) < 4.78 is 19.9. The number of benzene rings is 1. The molecule has 0 spiro atoms. The Labute approximate surface area is 148 Å². The van der Waals surface area contributed by atoms with Gasteiger partial charge in [-0.05, 0) is 31.7 Å². The van der Waals surface area contributed by atoms with Crippen LogP contribution in [0.15, 0.2) is 24.3 Å². The molecule has 1 amide bonds. The fourth-order valence-corrected chi connectivity index (χ4v) is 3.83. The molecule has 3 rings (SSSR count). The molecule has 2 aliphatic rings. The first-order valence-electron chi connectivity index (χ1n) is 9.18. The summed E-state index contributed by atoms with van der Waals surface area (Å²) in [6.07, 6.45) is 1.99. The lowest BCUT2D eigenvalue weighted by Crippen LogP contribution is -2.51. The lowest BCUT2D eigenvalue weighted by molar-refractivity contribution is -0.141. The summed E-state index contributed by atoms with van der Waals surface area (Å²) in [5.41, 5.74) is 6.51. The van der Waals surface area contributed by atoms with Crippen LogP contribution in [0.4, 0.5) is 4.39 Å². The molecule has 0 unspecified atom stereocenters. The number of rotatable bonds is 4. The van der Waals surface area contributed by atoms with Gasteiger partial charge in [-0.3, -0.25) is 9.69 Å². The molecule has 1 aromatic carbocycles. The highest BCUT2D eigenvalue weighted by molar-refractivity contribution is 5.83. The number of piperidine rings is 1. The van der Waals surface area contributed by atoms with Crippen molar-refractivity contribution >= 4 is 5.91 Å². The first kappa shape index (κ1) is 18.3. The fraction of sp³-hybridized carbons (Fsp3) is 0.632. The number of carbonyl (C=O) groups excluding carboxylic acids is 1. The summed E-state index contributed by atoms with van der Waals surface area (Å²) in [6.45, 7) is 5.78. The van der Waals surface area contributed by atoms with Gasteiger partial charge in [-0.1, -0.05) is 18.2 Å². The van der Waals surface area contributed by atoms with Crippen LogP contribution in [-0.2, 0) is 9.53 Å². The van der Waals surface area contributed by atoms with E-state index in [1.807, 2.05) is 16.7 Å². The van der Waals surface area contributed by atoms with E-state index in [9.17, 15) is 9.18 Å². The van der Waals surface area contributed by atoms with Crippen LogP contribution in [0, 0.1) is 11.7 Å². The molecule has 2 saturated heterocycles. The molecule has 2 fully saturated rings. The second-order valence-corrected chi connectivity index (χ2v) is 7.12. The van der Waals surface area contributed by atoms with Gasteiger partial charge in [0.1, 0.15) is 11.9 Å². The van der Waals surface area contributed by atoms with Crippen LogP contribution in [0.5, 0.6) is 0 Å². The van der Waals surface area contributed by atoms with E-state index in [1.165, 1.54) is 6.07 Å². The van der Waals surface area contributed by atoms with Gasteiger partial charge < -0.3 is 15.4 Å². The maximum Gasteiger partial charge on any atom is 0.244 e. The van der Waals surface area contributed by atoms with Gasteiger partial charge in [-0.2, -0.15) is 0 Å². The topological polar surface area (TPSA) is 58.8 Å². The highest BCUT2D eigenvalue weighted by atomic mass is 19.1. The van der Waals surface area contributed by atoms with Crippen molar-refractivity contribution < 1.29 is 13.9 Å². The SMILES string of the molecule is C[C@H](N)[C@H]1CCCN(C(=O)[C@H](c2ccccc2F)N2CCOCC2)C1. The van der Waals surface area contributed by atoms with E-state index in [-0.39, 0.29) is 17.8 Å². The summed E-state index contributed by atoms with van der Waals surface area (Å²) >= 11 is 0. The number of carbonyl (C=O) groups is 1. The summed E-state index contributed by atoms with van der Waals surface area (Å²) in [5, 5.41) is 0. The number of ether oxygens (including phenoxy) is 1. The van der Waals surface area contributed by atoms with E-state index in [2.05, 4.69) is 0 Å². The van der Waals surface area contributed by atoms with Gasteiger partial charge in [0, 0.05) is 37.8 Å². The van der Waals surface area contributed by atoms with Crippen LogP contribution in [0.1, 0.15) is 31.4 Å². The van der Waals surface area contributed by atoms with E-state index in [0.29, 0.717) is 44.3 Å². The molecule has 0 saturated carbocycles. The average Bonchev–Trinajstić information content (AvgIpc) is 2.64. The lowest BCUT2D eigenvalue weighted by Gasteiger charge is -2.40. The minimum absolute atomic E-state index is 0.0163. The van der Waals surface area contributed by atoms with Crippen LogP contribution < -0.4 is 5.73 Å². The molecule has 1 aromatic rings. The predicted octanol–water partition coefficient (Wildman–Crippen LogP) is 1.78. The Hall–Kier alpha value is -1.50. The Morgan fingerprint density at radius 2 is 2.00 bits per heavy atom. The third-order valence-corrected chi connectivity index (χ3v) is 5.36. The number of hydrogen-bond acceptors (Lipinski definition) is 4. The van der Waals surface area contributed by atoms with Gasteiger partial charge in [0.25, 0.3) is 0 Å². The summed E-state index contributed by atoms with van der Waals surface area (Å²) in [6, 6.07) is 6.08. The van der Waals surface area contributed by atoms with Crippen molar-refractivity contribution in [1.82, 2.24) is 9.80 Å². The molecule has 6 heteroatoms. The monoisotopic (exact) mass is 349 g/mol. The molecule has 3 atom stereocenters. The zero-order valence-corrected chi connectivity index (χ0v) is 14.9. The third kappa shape index (κ3) is 4.19. The Kier molecular flexibility index (Phi) is 6.04. The van der Waals surface area contributed by atoms with Gasteiger partial charge in [-0.15, -0.1) is 0 Å². The standard InChI is InChI=1S/C19H28FN3O2/c1-14(21)15-5-4-8-23(13-15)19(24)18(22-9-11-25-12-10-22)16-6-2-3-7-17(16)20/h2-3,6-7,14-15,18H,4-5,8-13,21H2,1H3/t14-,15-,18-/m0/s1. The van der Waals surface area contributed by atoms with Crippen LogP contribution >= 0.6 is 0 Å². The maximum absolute atomic E-state index is 14.5. The molecule has 25 heavy (non-hydrogen) atoms. The van der Waals surface area contributed by atoms with Crippen molar-refractivity contribution in [3.05, 3.63) is 35.6 Å². The van der Waals surface area contributed by atoms with E-state index in [0.717, 1.165) is 19.4 Å². The largest absolute Gasteiger partial charge is 0.379 e. The highest BCUT2D eigenvalue weighted by Gasteiger charge is 2.36. The molecule has 0 bridgehead atoms. The molecule has 2 heterocycles. The molecule has 2 aliphatic heterocycles. The quantitative estimate of drug-likeness (QED) is 0.900. The first-order chi connectivity index (χ1) is 12.1. The van der Waals surface area contributed by atoms with Gasteiger partial charge >= 0.3 is 0 Å². The van der Waals surface area contributed by atoms with Crippen molar-refractivity contribution in [3.8, 4) is 0 Å². The smallest absolute Gasteiger partial charge is 0.244 e. The Bertz CT molecular complexity index is 590. The number of nitrogens with two attached hydrogens (primary N) is 1. The summed E-state index contributed by atoms with van der Waals surface area (Å²) in [4.78, 5) is 17.3. The number of nitrogens with zero attached hydrogens (tertiary/aromatic N) is 2. The molecule has 0 aliphatic carbocycles. The van der Waals surface area contributed by atoms with Gasteiger partial charge in [0.05, 0.1) is 13.2 Å². The number of hydrogen-bond donors (Lipinski definition) is 1. The van der Waals surface area contributed by atoms with Crippen molar-refractivity contribution in [1.29, 1.82) is 0 Å². The van der Waals surface area contributed by atoms with Crippen molar-refractivity contribution in [3.63, 3.8) is 0 Å². The summed E-state index contributed by atoms with van der Waals surface area (Å²) in [5.74, 6) is -0.0332. The normalized spacial score (nSPS) is 24.8. The molecule has 0 radical (unpaired) electrons. The average molecular weight is 349 g/mol. The fourth-order valence-electron chi connectivity index (χ4n) is 3.83. The summed E-state index contributed by atoms with van der Waals surface area (Å²) in [7, 11) is 0. The van der Waals surface area contributed by atoms with Gasteiger partial charge in [0.2, 0.25) is 5.91 Å². The minimum atomic E-state index is -0.586. The van der Waals surface area contributed by atoms with Crippen LogP contribution in [0.25, 0.3) is 0 Å². The zero-order chi connectivity index (χ0) is 17.8. The van der Waals surface area contributed by atoms with Crippen molar-refractivity contribution in [2.24, 2.45) is 11.7 Å². The molecular weight excluding hydrogens is 321 g/mol. The number of morpholine rings is 1. The zero-order valence-electron chi connectivity index (χ0n) is 14.9. The van der Waals surface area contributed by atoms with Crippen LogP contribution in [0.3, 0.4) is 0 Å². The molecule has 138 valence electrons. The highest BCUT2D eigenvalue weighted by Crippen LogP contribution is 2.29. The first-order valence-corrected chi connectivity index (χ1v) is 9.18. The second-order valence-electron chi connectivity index (χ2n) is 7.12. The predicted molar refractivity (Wildman–Crippen MR) is 94.5 cm³/mol. The number of amides is 1. The maximum atomic E-state index is 14.5. The van der Waals surface area contributed by atoms with Crippen LogP contribution in [0.2, 0.25) is 0 Å². The Morgan fingerprint density at radius 1 is 1.28 bits per heavy atom. The van der Waals surface area contributed by atoms with Gasteiger partial charge in [-0.25, -0.2) is 4.39 Å². The number of likely N-dealkylation sites (tertiary alicyclic amines) is 1. The van der Waals surface area contributed by atoms with Crippen molar-refractivity contribution in [2.45, 2.75) is 31.8 Å². The van der Waals surface area contributed by atoms with E-state index in [1.54, 1.807) is 18.2 Å². The molecule has 0 aromatic heterocycles. The minimum Gasteiger partial charge on any atom is -0.379 e. The van der Waals surface area contributed by atoms with Crippen LogP contribution in [-0.4, -0.2) is 61.1 Å². The second kappa shape index (κ2) is 8.25. The number of halogens is 1. The van der Waals surface area contributed by atoms with Gasteiger partial charge in [0.15, 0.2) is 0 Å². The Balaban J connectivity index is 1.85. The molecule has 2 N–H and O–H groups in total. The Morgan fingerprint density at radius 3 is 2.68 bits per heavy atom.